The van der Waals surface area contributed by atoms with Gasteiger partial charge in [0.2, 0.25) is 0 Å². The molecule has 2 heteroatoms. The van der Waals surface area contributed by atoms with Gasteiger partial charge in [0.25, 0.3) is 0 Å². The molecule has 96 valence electrons. The Morgan fingerprint density at radius 3 is 2.65 bits per heavy atom. The van der Waals surface area contributed by atoms with E-state index in [0.717, 1.165) is 6.54 Å². The molecule has 0 aromatic heterocycles. The van der Waals surface area contributed by atoms with Crippen LogP contribution in [0.2, 0.25) is 0 Å². The molecule has 17 heavy (non-hydrogen) atoms. The summed E-state index contributed by atoms with van der Waals surface area (Å²) in [5, 5.41) is 3.68. The van der Waals surface area contributed by atoms with Crippen LogP contribution < -0.4 is 5.32 Å². The molecule has 0 bridgehead atoms. The molecule has 1 N–H and O–H groups in total. The van der Waals surface area contributed by atoms with Crippen molar-refractivity contribution in [3.8, 4) is 0 Å². The van der Waals surface area contributed by atoms with E-state index in [1.54, 1.807) is 0 Å². The van der Waals surface area contributed by atoms with Gasteiger partial charge in [-0.2, -0.15) is 0 Å². The Balaban J connectivity index is 2.83. The summed E-state index contributed by atoms with van der Waals surface area (Å²) in [4.78, 5) is 0. The lowest BCUT2D eigenvalue weighted by atomic mass is 9.99. The van der Waals surface area contributed by atoms with E-state index in [1.165, 1.54) is 40.4 Å². The molecule has 0 radical (unpaired) electrons. The highest BCUT2D eigenvalue weighted by Crippen LogP contribution is 2.26. The second kappa shape index (κ2) is 8.09. The number of halogens is 1. The Labute approximate surface area is 120 Å². The standard InChI is InChI=1S/C15H24IN/c1-4-6-10-14(17-11-5-2)13-9-7-8-12(3)15(13)16/h7-9,14,17H,4-6,10-11H2,1-3H3. The highest BCUT2D eigenvalue weighted by Gasteiger charge is 2.13. The third-order valence-corrected chi connectivity index (χ3v) is 4.56. The van der Waals surface area contributed by atoms with E-state index in [-0.39, 0.29) is 0 Å². The van der Waals surface area contributed by atoms with Crippen LogP contribution in [0.25, 0.3) is 0 Å². The van der Waals surface area contributed by atoms with Gasteiger partial charge >= 0.3 is 0 Å². The number of benzene rings is 1. The van der Waals surface area contributed by atoms with Crippen molar-refractivity contribution in [2.75, 3.05) is 6.54 Å². The van der Waals surface area contributed by atoms with Crippen LogP contribution in [0.3, 0.4) is 0 Å². The minimum atomic E-state index is 0.529. The average Bonchev–Trinajstić information content (AvgIpc) is 2.34. The monoisotopic (exact) mass is 345 g/mol. The van der Waals surface area contributed by atoms with Crippen LogP contribution in [0.5, 0.6) is 0 Å². The maximum Gasteiger partial charge on any atom is 0.0330 e. The molecule has 0 saturated carbocycles. The van der Waals surface area contributed by atoms with Crippen molar-refractivity contribution in [1.82, 2.24) is 5.32 Å². The normalized spacial score (nSPS) is 12.7. The zero-order chi connectivity index (χ0) is 12.7. The predicted octanol–water partition coefficient (Wildman–Crippen LogP) is 4.83. The molecule has 0 fully saturated rings. The Morgan fingerprint density at radius 1 is 1.24 bits per heavy atom. The van der Waals surface area contributed by atoms with Crippen LogP contribution in [0, 0.1) is 10.5 Å². The molecular formula is C15H24IN. The van der Waals surface area contributed by atoms with Crippen molar-refractivity contribution in [2.45, 2.75) is 52.5 Å². The predicted molar refractivity (Wildman–Crippen MR) is 84.5 cm³/mol. The lowest BCUT2D eigenvalue weighted by Crippen LogP contribution is -2.23. The first-order valence-corrected chi connectivity index (χ1v) is 7.77. The van der Waals surface area contributed by atoms with E-state index in [4.69, 9.17) is 0 Å². The van der Waals surface area contributed by atoms with Gasteiger partial charge in [0.15, 0.2) is 0 Å². The third kappa shape index (κ3) is 4.59. The molecule has 0 saturated heterocycles. The lowest BCUT2D eigenvalue weighted by molar-refractivity contribution is 0.479. The van der Waals surface area contributed by atoms with Gasteiger partial charge in [-0.15, -0.1) is 0 Å². The molecule has 1 unspecified atom stereocenters. The van der Waals surface area contributed by atoms with Crippen LogP contribution in [-0.4, -0.2) is 6.54 Å². The summed E-state index contributed by atoms with van der Waals surface area (Å²) >= 11 is 2.48. The van der Waals surface area contributed by atoms with Crippen molar-refractivity contribution < 1.29 is 0 Å². The fourth-order valence-electron chi connectivity index (χ4n) is 2.03. The van der Waals surface area contributed by atoms with Gasteiger partial charge in [0.05, 0.1) is 0 Å². The van der Waals surface area contributed by atoms with Gasteiger partial charge in [0, 0.05) is 9.61 Å². The third-order valence-electron chi connectivity index (χ3n) is 3.08. The first-order valence-electron chi connectivity index (χ1n) is 6.69. The molecule has 0 aliphatic carbocycles. The topological polar surface area (TPSA) is 12.0 Å². The van der Waals surface area contributed by atoms with Gasteiger partial charge in [-0.3, -0.25) is 0 Å². The van der Waals surface area contributed by atoms with Gasteiger partial charge in [-0.25, -0.2) is 0 Å². The molecule has 1 aromatic rings. The first kappa shape index (κ1) is 15.0. The molecule has 1 nitrogen and oxygen atoms in total. The molecule has 0 aliphatic heterocycles. The molecule has 1 atom stereocenters. The second-order valence-corrected chi connectivity index (χ2v) is 5.71. The van der Waals surface area contributed by atoms with E-state index < -0.39 is 0 Å². The van der Waals surface area contributed by atoms with Crippen molar-refractivity contribution in [3.05, 3.63) is 32.9 Å². The minimum Gasteiger partial charge on any atom is -0.310 e. The van der Waals surface area contributed by atoms with E-state index >= 15 is 0 Å². The van der Waals surface area contributed by atoms with Gasteiger partial charge in [-0.05, 0) is 60.0 Å². The Kier molecular flexibility index (Phi) is 7.12. The van der Waals surface area contributed by atoms with Crippen molar-refractivity contribution >= 4 is 22.6 Å². The number of nitrogens with one attached hydrogen (secondary N) is 1. The van der Waals surface area contributed by atoms with Crippen molar-refractivity contribution in [3.63, 3.8) is 0 Å². The quantitative estimate of drug-likeness (QED) is 0.698. The average molecular weight is 345 g/mol. The van der Waals surface area contributed by atoms with Gasteiger partial charge in [-0.1, -0.05) is 44.9 Å². The summed E-state index contributed by atoms with van der Waals surface area (Å²) in [5.41, 5.74) is 2.87. The van der Waals surface area contributed by atoms with Crippen LogP contribution in [-0.2, 0) is 0 Å². The zero-order valence-corrected chi connectivity index (χ0v) is 13.4. The van der Waals surface area contributed by atoms with Crippen LogP contribution in [0.15, 0.2) is 18.2 Å². The smallest absolute Gasteiger partial charge is 0.0330 e. The Bertz CT molecular complexity index is 328. The summed E-state index contributed by atoms with van der Waals surface area (Å²) in [7, 11) is 0. The number of hydrogen-bond donors (Lipinski definition) is 1. The highest BCUT2D eigenvalue weighted by molar-refractivity contribution is 14.1. The number of unbranched alkanes of at least 4 members (excludes halogenated alkanes) is 1. The summed E-state index contributed by atoms with van der Waals surface area (Å²) < 4.78 is 1.43. The van der Waals surface area contributed by atoms with Gasteiger partial charge < -0.3 is 5.32 Å². The molecule has 0 amide bonds. The molecule has 1 aromatic carbocycles. The van der Waals surface area contributed by atoms with E-state index in [1.807, 2.05) is 0 Å². The van der Waals surface area contributed by atoms with Crippen LogP contribution >= 0.6 is 22.6 Å². The molecule has 0 aliphatic rings. The van der Waals surface area contributed by atoms with Crippen LogP contribution in [0.4, 0.5) is 0 Å². The maximum atomic E-state index is 3.68. The Hall–Kier alpha value is -0.0900. The van der Waals surface area contributed by atoms with Crippen molar-refractivity contribution in [2.24, 2.45) is 0 Å². The number of rotatable bonds is 7. The van der Waals surface area contributed by atoms with E-state index in [0.29, 0.717) is 6.04 Å². The number of aryl methyl sites for hydroxylation is 1. The Morgan fingerprint density at radius 2 is 2.00 bits per heavy atom. The second-order valence-electron chi connectivity index (χ2n) is 4.63. The summed E-state index contributed by atoms with van der Waals surface area (Å²) in [5.74, 6) is 0. The molecule has 0 heterocycles. The summed E-state index contributed by atoms with van der Waals surface area (Å²) in [6, 6.07) is 7.18. The molecular weight excluding hydrogens is 321 g/mol. The highest BCUT2D eigenvalue weighted by atomic mass is 127. The maximum absolute atomic E-state index is 3.68. The van der Waals surface area contributed by atoms with E-state index in [9.17, 15) is 0 Å². The number of hydrogen-bond acceptors (Lipinski definition) is 1. The zero-order valence-electron chi connectivity index (χ0n) is 11.2. The summed E-state index contributed by atoms with van der Waals surface area (Å²) in [6.07, 6.45) is 5.01. The lowest BCUT2D eigenvalue weighted by Gasteiger charge is -2.21. The molecule has 0 spiro atoms. The molecule has 1 rings (SSSR count). The fraction of sp³-hybridized carbons (Fsp3) is 0.600. The van der Waals surface area contributed by atoms with E-state index in [2.05, 4.69) is 66.9 Å². The first-order chi connectivity index (χ1) is 8.20. The van der Waals surface area contributed by atoms with Crippen molar-refractivity contribution in [1.29, 1.82) is 0 Å². The SMILES string of the molecule is CCCCC(NCCC)c1cccc(C)c1I. The minimum absolute atomic E-state index is 0.529. The van der Waals surface area contributed by atoms with Gasteiger partial charge in [0.1, 0.15) is 0 Å². The van der Waals surface area contributed by atoms with Crippen LogP contribution in [0.1, 0.15) is 56.7 Å². The summed E-state index contributed by atoms with van der Waals surface area (Å²) in [6.45, 7) is 7.80. The largest absolute Gasteiger partial charge is 0.310 e. The fourth-order valence-corrected chi connectivity index (χ4v) is 2.77.